The number of hydrogen-bond acceptors (Lipinski definition) is 10. The van der Waals surface area contributed by atoms with E-state index in [1.807, 2.05) is 6.07 Å². The molecule has 4 rings (SSSR count). The minimum atomic E-state index is 0.0517. The van der Waals surface area contributed by atoms with E-state index in [0.717, 1.165) is 0 Å². The van der Waals surface area contributed by atoms with Gasteiger partial charge in [-0.25, -0.2) is 9.61 Å². The number of rotatable bonds is 6. The molecule has 2 aromatic heterocycles. The zero-order valence-electron chi connectivity index (χ0n) is 15.0. The molecular formula is C18H14ClN7O3. The van der Waals surface area contributed by atoms with E-state index in [1.165, 1.54) is 19.4 Å². The van der Waals surface area contributed by atoms with E-state index < -0.39 is 0 Å². The highest BCUT2D eigenvalue weighted by atomic mass is 35.5. The number of anilines is 3. The zero-order chi connectivity index (χ0) is 20.2. The first-order chi connectivity index (χ1) is 14.1. The summed E-state index contributed by atoms with van der Waals surface area (Å²) >= 11 is 6.03. The second-order valence-electron chi connectivity index (χ2n) is 5.76. The minimum absolute atomic E-state index is 0.0517. The highest BCUT2D eigenvalue weighted by Gasteiger charge is 2.13. The Bertz CT molecular complexity index is 1200. The van der Waals surface area contributed by atoms with Crippen molar-refractivity contribution < 1.29 is 14.5 Å². The number of fused-ring (bicyclic) bond motifs is 1. The van der Waals surface area contributed by atoms with Gasteiger partial charge >= 0.3 is 0 Å². The van der Waals surface area contributed by atoms with Crippen LogP contribution in [0.15, 0.2) is 52.2 Å². The molecule has 0 radical (unpaired) electrons. The quantitative estimate of drug-likeness (QED) is 0.322. The van der Waals surface area contributed by atoms with Crippen molar-refractivity contribution in [3.05, 3.63) is 53.1 Å². The molecule has 29 heavy (non-hydrogen) atoms. The number of phenols is 1. The Hall–Kier alpha value is -3.92. The van der Waals surface area contributed by atoms with Crippen LogP contribution in [0.3, 0.4) is 0 Å². The summed E-state index contributed by atoms with van der Waals surface area (Å²) in [6, 6.07) is 11.9. The molecular weight excluding hydrogens is 398 g/mol. The van der Waals surface area contributed by atoms with Gasteiger partial charge < -0.3 is 15.2 Å². The Morgan fingerprint density at radius 2 is 1.90 bits per heavy atom. The third kappa shape index (κ3) is 4.17. The van der Waals surface area contributed by atoms with Crippen molar-refractivity contribution in [3.8, 4) is 11.5 Å². The fourth-order valence-corrected chi connectivity index (χ4v) is 2.62. The first-order valence-corrected chi connectivity index (χ1v) is 8.69. The Kier molecular flexibility index (Phi) is 5.08. The van der Waals surface area contributed by atoms with E-state index in [2.05, 4.69) is 40.8 Å². The molecule has 3 N–H and O–H groups in total. The molecule has 0 saturated carbocycles. The lowest BCUT2D eigenvalue weighted by atomic mass is 10.2. The van der Waals surface area contributed by atoms with Crippen molar-refractivity contribution in [2.75, 3.05) is 17.9 Å². The summed E-state index contributed by atoms with van der Waals surface area (Å²) in [5, 5.41) is 25.1. The molecule has 0 fully saturated rings. The van der Waals surface area contributed by atoms with Crippen LogP contribution in [0.2, 0.25) is 5.02 Å². The van der Waals surface area contributed by atoms with Crippen LogP contribution in [0.5, 0.6) is 11.5 Å². The predicted octanol–water partition coefficient (Wildman–Crippen LogP) is 3.57. The fraction of sp³-hybridized carbons (Fsp3) is 0.0556. The molecule has 146 valence electrons. The third-order valence-electron chi connectivity index (χ3n) is 3.81. The molecule has 0 saturated heterocycles. The van der Waals surface area contributed by atoms with Crippen LogP contribution in [-0.2, 0) is 0 Å². The monoisotopic (exact) mass is 411 g/mol. The van der Waals surface area contributed by atoms with Gasteiger partial charge in [-0.2, -0.15) is 10.1 Å². The van der Waals surface area contributed by atoms with Gasteiger partial charge in [-0.1, -0.05) is 17.7 Å². The van der Waals surface area contributed by atoms with Gasteiger partial charge in [-0.05, 0) is 46.7 Å². The maximum absolute atomic E-state index is 9.96. The van der Waals surface area contributed by atoms with E-state index in [1.54, 1.807) is 30.3 Å². The lowest BCUT2D eigenvalue weighted by Gasteiger charge is -2.09. The lowest BCUT2D eigenvalue weighted by molar-refractivity contribution is 0.314. The summed E-state index contributed by atoms with van der Waals surface area (Å²) < 4.78 is 9.82. The maximum Gasteiger partial charge on any atom is 0.245 e. The average molecular weight is 412 g/mol. The number of ether oxygens (including phenoxy) is 1. The highest BCUT2D eigenvalue weighted by molar-refractivity contribution is 6.30. The van der Waals surface area contributed by atoms with Gasteiger partial charge in [0, 0.05) is 16.3 Å². The Balaban J connectivity index is 1.63. The fourth-order valence-electron chi connectivity index (χ4n) is 2.43. The van der Waals surface area contributed by atoms with E-state index in [9.17, 15) is 5.11 Å². The number of phenolic OH excluding ortho intramolecular Hbond substituents is 1. The standard InChI is InChI=1S/C18H14ClN7O3/c1-28-13-5-6-14(27)10(7-13)9-20-24-16-15(21-12-4-2-3-11(19)8-12)22-17-18(23-16)26-29-25-17/h2-9,27H,1H3,(H,21,22,25)(H,23,24,26)/b20-9+. The first-order valence-electron chi connectivity index (χ1n) is 8.31. The van der Waals surface area contributed by atoms with Crippen LogP contribution < -0.4 is 15.5 Å². The van der Waals surface area contributed by atoms with Crippen molar-refractivity contribution in [2.24, 2.45) is 5.10 Å². The normalized spacial score (nSPS) is 11.1. The maximum atomic E-state index is 9.96. The summed E-state index contributed by atoms with van der Waals surface area (Å²) in [7, 11) is 1.54. The second-order valence-corrected chi connectivity index (χ2v) is 6.20. The second kappa shape index (κ2) is 7.98. The third-order valence-corrected chi connectivity index (χ3v) is 4.05. The number of aromatic hydroxyl groups is 1. The number of aromatic nitrogens is 4. The zero-order valence-corrected chi connectivity index (χ0v) is 15.8. The van der Waals surface area contributed by atoms with Gasteiger partial charge in [0.05, 0.1) is 13.3 Å². The van der Waals surface area contributed by atoms with Gasteiger partial charge in [-0.3, -0.25) is 5.43 Å². The Labute approximate surface area is 169 Å². The molecule has 10 nitrogen and oxygen atoms in total. The van der Waals surface area contributed by atoms with Crippen LogP contribution in [0.4, 0.5) is 17.3 Å². The highest BCUT2D eigenvalue weighted by Crippen LogP contribution is 2.26. The number of nitrogens with zero attached hydrogens (tertiary/aromatic N) is 5. The molecule has 4 aromatic rings. The number of nitrogens with one attached hydrogen (secondary N) is 2. The van der Waals surface area contributed by atoms with Crippen LogP contribution in [-0.4, -0.2) is 38.7 Å². The molecule has 0 bridgehead atoms. The number of benzene rings is 2. The molecule has 0 aliphatic heterocycles. The first kappa shape index (κ1) is 18.4. The molecule has 11 heteroatoms. The molecule has 2 heterocycles. The van der Waals surface area contributed by atoms with Crippen LogP contribution in [0.25, 0.3) is 11.3 Å². The summed E-state index contributed by atoms with van der Waals surface area (Å²) in [6.45, 7) is 0. The van der Waals surface area contributed by atoms with Crippen molar-refractivity contribution in [3.63, 3.8) is 0 Å². The molecule has 0 aliphatic rings. The summed E-state index contributed by atoms with van der Waals surface area (Å²) in [5.74, 6) is 1.24. The van der Waals surface area contributed by atoms with E-state index >= 15 is 0 Å². The predicted molar refractivity (Wildman–Crippen MR) is 108 cm³/mol. The molecule has 0 atom stereocenters. The van der Waals surface area contributed by atoms with E-state index in [0.29, 0.717) is 27.8 Å². The summed E-state index contributed by atoms with van der Waals surface area (Å²) in [4.78, 5) is 8.64. The van der Waals surface area contributed by atoms with Gasteiger partial charge in [0.1, 0.15) is 11.5 Å². The average Bonchev–Trinajstić information content (AvgIpc) is 3.17. The van der Waals surface area contributed by atoms with Gasteiger partial charge in [0.25, 0.3) is 0 Å². The lowest BCUT2D eigenvalue weighted by Crippen LogP contribution is -2.03. The molecule has 2 aromatic carbocycles. The minimum Gasteiger partial charge on any atom is -0.507 e. The summed E-state index contributed by atoms with van der Waals surface area (Å²) in [6.07, 6.45) is 1.42. The Morgan fingerprint density at radius 1 is 1.10 bits per heavy atom. The molecule has 0 unspecified atom stereocenters. The number of methoxy groups -OCH3 is 1. The van der Waals surface area contributed by atoms with E-state index in [-0.39, 0.29) is 22.9 Å². The van der Waals surface area contributed by atoms with Crippen molar-refractivity contribution in [1.82, 2.24) is 20.3 Å². The van der Waals surface area contributed by atoms with Crippen molar-refractivity contribution in [1.29, 1.82) is 0 Å². The largest absolute Gasteiger partial charge is 0.507 e. The van der Waals surface area contributed by atoms with Crippen molar-refractivity contribution >= 4 is 46.4 Å². The van der Waals surface area contributed by atoms with Crippen LogP contribution in [0.1, 0.15) is 5.56 Å². The van der Waals surface area contributed by atoms with Crippen LogP contribution in [0, 0.1) is 0 Å². The molecule has 0 spiro atoms. The SMILES string of the molecule is COc1ccc(O)c(/C=N/Nc2nc3nonc3nc2Nc2cccc(Cl)c2)c1. The number of halogens is 1. The Morgan fingerprint density at radius 3 is 2.66 bits per heavy atom. The van der Waals surface area contributed by atoms with Crippen molar-refractivity contribution in [2.45, 2.75) is 0 Å². The van der Waals surface area contributed by atoms with Gasteiger partial charge in [0.15, 0.2) is 11.6 Å². The van der Waals surface area contributed by atoms with E-state index in [4.69, 9.17) is 16.3 Å². The molecule has 0 amide bonds. The van der Waals surface area contributed by atoms with Crippen LogP contribution >= 0.6 is 11.6 Å². The van der Waals surface area contributed by atoms with Gasteiger partial charge in [-0.15, -0.1) is 0 Å². The smallest absolute Gasteiger partial charge is 0.245 e. The summed E-state index contributed by atoms with van der Waals surface area (Å²) in [5.41, 5.74) is 4.38. The number of hydrogen-bond donors (Lipinski definition) is 3. The van der Waals surface area contributed by atoms with Gasteiger partial charge in [0.2, 0.25) is 11.3 Å². The topological polar surface area (TPSA) is 131 Å². The number of hydrazone groups is 1. The molecule has 0 aliphatic carbocycles.